The highest BCUT2D eigenvalue weighted by atomic mass is 16.4. The van der Waals surface area contributed by atoms with Gasteiger partial charge in [0.2, 0.25) is 11.8 Å². The van der Waals surface area contributed by atoms with Crippen LogP contribution in [0.5, 0.6) is 0 Å². The molecule has 3 rings (SSSR count). The Morgan fingerprint density at radius 3 is 2.33 bits per heavy atom. The summed E-state index contributed by atoms with van der Waals surface area (Å²) in [5.74, 6) is -1.99. The average Bonchev–Trinajstić information content (AvgIpc) is 3.39. The first-order valence-electron chi connectivity index (χ1n) is 12.4. The maximum Gasteiger partial charge on any atom is 0.303 e. The molecule has 0 bridgehead atoms. The van der Waals surface area contributed by atoms with Crippen molar-refractivity contribution >= 4 is 35.2 Å². The van der Waals surface area contributed by atoms with Crippen molar-refractivity contribution in [2.45, 2.75) is 64.1 Å². The van der Waals surface area contributed by atoms with Crippen LogP contribution >= 0.6 is 0 Å². The lowest BCUT2D eigenvalue weighted by molar-refractivity contribution is -0.138. The van der Waals surface area contributed by atoms with E-state index in [2.05, 4.69) is 5.32 Å². The van der Waals surface area contributed by atoms with Gasteiger partial charge < -0.3 is 25.1 Å². The van der Waals surface area contributed by atoms with Crippen LogP contribution in [0.15, 0.2) is 24.3 Å². The van der Waals surface area contributed by atoms with Crippen molar-refractivity contribution in [1.29, 1.82) is 0 Å². The fourth-order valence-corrected chi connectivity index (χ4v) is 4.97. The Balaban J connectivity index is 1.70. The number of carbonyl (C=O) groups excluding carboxylic acids is 4. The second-order valence-corrected chi connectivity index (χ2v) is 10.2. The highest BCUT2D eigenvalue weighted by Gasteiger charge is 2.52. The smallest absolute Gasteiger partial charge is 0.303 e. The van der Waals surface area contributed by atoms with Gasteiger partial charge in [-0.1, -0.05) is 13.8 Å². The van der Waals surface area contributed by atoms with Gasteiger partial charge in [0, 0.05) is 44.7 Å². The van der Waals surface area contributed by atoms with E-state index in [0.717, 1.165) is 5.69 Å². The third-order valence-electron chi connectivity index (χ3n) is 6.76. The molecule has 196 valence electrons. The van der Waals surface area contributed by atoms with Gasteiger partial charge in [0.1, 0.15) is 12.1 Å². The van der Waals surface area contributed by atoms with Gasteiger partial charge in [0.25, 0.3) is 5.91 Å². The van der Waals surface area contributed by atoms with E-state index >= 15 is 0 Å². The van der Waals surface area contributed by atoms with Gasteiger partial charge in [-0.15, -0.1) is 0 Å². The molecule has 0 radical (unpaired) electrons. The van der Waals surface area contributed by atoms with Crippen LogP contribution in [0.1, 0.15) is 56.3 Å². The molecule has 1 aromatic carbocycles. The Morgan fingerprint density at radius 2 is 1.75 bits per heavy atom. The molecule has 36 heavy (non-hydrogen) atoms. The summed E-state index contributed by atoms with van der Waals surface area (Å²) in [6.07, 6.45) is 1.04. The number of amides is 3. The predicted molar refractivity (Wildman–Crippen MR) is 134 cm³/mol. The molecule has 2 saturated heterocycles. The van der Waals surface area contributed by atoms with Crippen LogP contribution in [-0.4, -0.2) is 89.7 Å². The SMILES string of the molecule is CC(C)C[C@H](NC(=O)c1ccc(N(C)C)cc1)C(=O)N1CC[C@@H]2[C@H]1C(=O)CN2C(=O)CCCC(=O)O. The second kappa shape index (κ2) is 11.5. The lowest BCUT2D eigenvalue weighted by Gasteiger charge is -2.29. The Labute approximate surface area is 211 Å². The van der Waals surface area contributed by atoms with E-state index in [9.17, 15) is 24.0 Å². The molecule has 2 aliphatic heterocycles. The molecule has 10 nitrogen and oxygen atoms in total. The van der Waals surface area contributed by atoms with Crippen LogP contribution in [0, 0.1) is 5.92 Å². The molecule has 10 heteroatoms. The molecule has 0 aromatic heterocycles. The second-order valence-electron chi connectivity index (χ2n) is 10.2. The summed E-state index contributed by atoms with van der Waals surface area (Å²) in [4.78, 5) is 67.8. The molecule has 0 unspecified atom stereocenters. The van der Waals surface area contributed by atoms with Gasteiger partial charge in [-0.2, -0.15) is 0 Å². The van der Waals surface area contributed by atoms with Gasteiger partial charge >= 0.3 is 5.97 Å². The van der Waals surface area contributed by atoms with E-state index in [4.69, 9.17) is 5.11 Å². The third kappa shape index (κ3) is 6.22. The lowest BCUT2D eigenvalue weighted by Crippen LogP contribution is -2.53. The molecule has 0 saturated carbocycles. The van der Waals surface area contributed by atoms with Crippen molar-refractivity contribution in [2.24, 2.45) is 5.92 Å². The number of anilines is 1. The molecule has 3 atom stereocenters. The zero-order valence-corrected chi connectivity index (χ0v) is 21.4. The fourth-order valence-electron chi connectivity index (χ4n) is 4.97. The monoisotopic (exact) mass is 500 g/mol. The van der Waals surface area contributed by atoms with Crippen LogP contribution in [0.25, 0.3) is 0 Å². The number of Topliss-reactive ketones (excluding diaryl/α,β-unsaturated/α-hetero) is 1. The number of carboxylic acids is 1. The fraction of sp³-hybridized carbons (Fsp3) is 0.577. The highest BCUT2D eigenvalue weighted by Crippen LogP contribution is 2.31. The van der Waals surface area contributed by atoms with E-state index in [0.29, 0.717) is 24.9 Å². The number of fused-ring (bicyclic) bond motifs is 1. The van der Waals surface area contributed by atoms with Gasteiger partial charge in [-0.3, -0.25) is 24.0 Å². The summed E-state index contributed by atoms with van der Waals surface area (Å²) >= 11 is 0. The third-order valence-corrected chi connectivity index (χ3v) is 6.76. The number of nitrogens with zero attached hydrogens (tertiary/aromatic N) is 3. The molecular formula is C26H36N4O6. The van der Waals surface area contributed by atoms with Gasteiger partial charge in [-0.05, 0) is 49.4 Å². The molecule has 2 aliphatic rings. The Kier molecular flexibility index (Phi) is 8.70. The molecule has 3 amide bonds. The summed E-state index contributed by atoms with van der Waals surface area (Å²) < 4.78 is 0. The number of ketones is 1. The lowest BCUT2D eigenvalue weighted by atomic mass is 10.0. The van der Waals surface area contributed by atoms with Gasteiger partial charge in [-0.25, -0.2) is 0 Å². The van der Waals surface area contributed by atoms with E-state index in [-0.39, 0.29) is 55.2 Å². The van der Waals surface area contributed by atoms with E-state index in [1.807, 2.05) is 45.0 Å². The summed E-state index contributed by atoms with van der Waals surface area (Å²) in [7, 11) is 3.82. The van der Waals surface area contributed by atoms with Crippen LogP contribution in [0.4, 0.5) is 5.69 Å². The van der Waals surface area contributed by atoms with E-state index < -0.39 is 24.1 Å². The van der Waals surface area contributed by atoms with E-state index in [1.165, 1.54) is 9.80 Å². The summed E-state index contributed by atoms with van der Waals surface area (Å²) in [6, 6.07) is 5.15. The van der Waals surface area contributed by atoms with Crippen molar-refractivity contribution in [2.75, 3.05) is 32.1 Å². The molecule has 1 aromatic rings. The Morgan fingerprint density at radius 1 is 1.08 bits per heavy atom. The number of aliphatic carboxylic acids is 1. The minimum atomic E-state index is -0.970. The van der Waals surface area contributed by atoms with Crippen molar-refractivity contribution in [3.63, 3.8) is 0 Å². The summed E-state index contributed by atoms with van der Waals surface area (Å²) in [5.41, 5.74) is 1.39. The van der Waals surface area contributed by atoms with Crippen molar-refractivity contribution in [3.8, 4) is 0 Å². The normalized spacial score (nSPS) is 19.9. The molecular weight excluding hydrogens is 464 g/mol. The summed E-state index contributed by atoms with van der Waals surface area (Å²) in [5, 5.41) is 11.7. The molecule has 2 N–H and O–H groups in total. The van der Waals surface area contributed by atoms with Crippen molar-refractivity contribution < 1.29 is 29.1 Å². The molecule has 2 heterocycles. The van der Waals surface area contributed by atoms with Crippen LogP contribution in [0.2, 0.25) is 0 Å². The number of benzene rings is 1. The molecule has 0 aliphatic carbocycles. The maximum atomic E-state index is 13.6. The topological polar surface area (TPSA) is 127 Å². The Bertz CT molecular complexity index is 1010. The zero-order valence-electron chi connectivity index (χ0n) is 21.4. The largest absolute Gasteiger partial charge is 0.481 e. The molecule has 2 fully saturated rings. The van der Waals surface area contributed by atoms with Crippen molar-refractivity contribution in [1.82, 2.24) is 15.1 Å². The van der Waals surface area contributed by atoms with Crippen LogP contribution in [0.3, 0.4) is 0 Å². The molecule has 0 spiro atoms. The minimum absolute atomic E-state index is 0.0510. The maximum absolute atomic E-state index is 13.6. The number of likely N-dealkylation sites (tertiary alicyclic amines) is 2. The number of carboxylic acid groups (broad SMARTS) is 1. The van der Waals surface area contributed by atoms with Gasteiger partial charge in [0.05, 0.1) is 12.6 Å². The highest BCUT2D eigenvalue weighted by molar-refractivity contribution is 6.01. The predicted octanol–water partition coefficient (Wildman–Crippen LogP) is 1.53. The first-order valence-corrected chi connectivity index (χ1v) is 12.4. The van der Waals surface area contributed by atoms with Crippen LogP contribution < -0.4 is 10.2 Å². The number of hydrogen-bond donors (Lipinski definition) is 2. The Hall–Kier alpha value is -3.43. The van der Waals surface area contributed by atoms with E-state index in [1.54, 1.807) is 12.1 Å². The minimum Gasteiger partial charge on any atom is -0.481 e. The average molecular weight is 501 g/mol. The quantitative estimate of drug-likeness (QED) is 0.499. The zero-order chi connectivity index (χ0) is 26.6. The number of rotatable bonds is 10. The number of carbonyl (C=O) groups is 5. The number of nitrogens with one attached hydrogen (secondary N) is 1. The van der Waals surface area contributed by atoms with Crippen LogP contribution in [-0.2, 0) is 19.2 Å². The number of hydrogen-bond acceptors (Lipinski definition) is 6. The first-order chi connectivity index (χ1) is 17.0. The van der Waals surface area contributed by atoms with Gasteiger partial charge in [0.15, 0.2) is 5.78 Å². The standard InChI is InChI=1S/C26H36N4O6/c1-16(2)14-19(27-25(35)17-8-10-18(11-9-17)28(3)4)26(36)29-13-12-20-24(29)21(31)15-30(20)22(32)6-5-7-23(33)34/h8-11,16,19-20,24H,5-7,12-15H2,1-4H3,(H,27,35)(H,33,34)/t19-,20+,24-/m0/s1. The first kappa shape index (κ1) is 27.2. The van der Waals surface area contributed by atoms with Crippen molar-refractivity contribution in [3.05, 3.63) is 29.8 Å². The summed E-state index contributed by atoms with van der Waals surface area (Å²) in [6.45, 7) is 4.16.